The number of nitrogens with one attached hydrogen (secondary N) is 1. The number of rotatable bonds is 6. The van der Waals surface area contributed by atoms with Gasteiger partial charge >= 0.3 is 0 Å². The SMILES string of the molecule is O=c1[nH]ncc(N2CC[C@@H](Oc3cc(-c4ccc(S(=O)(=O)N5CCCC5)cc4)ccn3)C2)c1Cl. The maximum Gasteiger partial charge on any atom is 0.285 e. The minimum absolute atomic E-state index is 0.117. The molecule has 9 nitrogen and oxygen atoms in total. The lowest BCUT2D eigenvalue weighted by Crippen LogP contribution is -2.27. The molecular weight excluding hydrogens is 478 g/mol. The summed E-state index contributed by atoms with van der Waals surface area (Å²) in [7, 11) is -3.44. The molecule has 0 unspecified atom stereocenters. The van der Waals surface area contributed by atoms with Gasteiger partial charge in [-0.3, -0.25) is 4.79 Å². The van der Waals surface area contributed by atoms with Gasteiger partial charge in [0.2, 0.25) is 15.9 Å². The fourth-order valence-electron chi connectivity index (χ4n) is 4.36. The lowest BCUT2D eigenvalue weighted by Gasteiger charge is -2.19. The van der Waals surface area contributed by atoms with Gasteiger partial charge in [-0.15, -0.1) is 0 Å². The van der Waals surface area contributed by atoms with Gasteiger partial charge in [0.05, 0.1) is 23.3 Å². The van der Waals surface area contributed by atoms with Crippen molar-refractivity contribution < 1.29 is 13.2 Å². The number of hydrogen-bond acceptors (Lipinski definition) is 7. The van der Waals surface area contributed by atoms with Crippen LogP contribution >= 0.6 is 11.6 Å². The van der Waals surface area contributed by atoms with Gasteiger partial charge in [-0.2, -0.15) is 9.40 Å². The highest BCUT2D eigenvalue weighted by Crippen LogP contribution is 2.29. The van der Waals surface area contributed by atoms with Crippen molar-refractivity contribution in [2.24, 2.45) is 0 Å². The number of H-pyrrole nitrogens is 1. The van der Waals surface area contributed by atoms with Crippen molar-refractivity contribution in [2.45, 2.75) is 30.3 Å². The van der Waals surface area contributed by atoms with Crippen LogP contribution in [0.3, 0.4) is 0 Å². The van der Waals surface area contributed by atoms with Crippen molar-refractivity contribution in [3.63, 3.8) is 0 Å². The second-order valence-corrected chi connectivity index (χ2v) is 10.7. The zero-order valence-corrected chi connectivity index (χ0v) is 19.9. The Morgan fingerprint density at radius 1 is 1.06 bits per heavy atom. The lowest BCUT2D eigenvalue weighted by atomic mass is 10.1. The minimum Gasteiger partial charge on any atom is -0.472 e. The zero-order valence-electron chi connectivity index (χ0n) is 18.4. The molecule has 11 heteroatoms. The van der Waals surface area contributed by atoms with Crippen LogP contribution in [0.25, 0.3) is 11.1 Å². The Morgan fingerprint density at radius 2 is 1.82 bits per heavy atom. The molecule has 178 valence electrons. The number of hydrogen-bond donors (Lipinski definition) is 1. The molecule has 2 fully saturated rings. The molecule has 34 heavy (non-hydrogen) atoms. The number of nitrogens with zero attached hydrogens (tertiary/aromatic N) is 4. The Hall–Kier alpha value is -2.95. The highest BCUT2D eigenvalue weighted by Gasteiger charge is 2.28. The molecular formula is C23H24ClN5O4S. The second-order valence-electron chi connectivity index (χ2n) is 8.39. The number of pyridine rings is 1. The minimum atomic E-state index is -3.44. The van der Waals surface area contributed by atoms with Crippen LogP contribution in [0.1, 0.15) is 19.3 Å². The Morgan fingerprint density at radius 3 is 2.59 bits per heavy atom. The molecule has 0 bridgehead atoms. The van der Waals surface area contributed by atoms with E-state index in [-0.39, 0.29) is 11.1 Å². The predicted molar refractivity (Wildman–Crippen MR) is 129 cm³/mol. The Kier molecular flexibility index (Phi) is 6.28. The van der Waals surface area contributed by atoms with Crippen LogP contribution < -0.4 is 15.2 Å². The summed E-state index contributed by atoms with van der Waals surface area (Å²) < 4.78 is 33.2. The predicted octanol–water partition coefficient (Wildman–Crippen LogP) is 2.93. The fourth-order valence-corrected chi connectivity index (χ4v) is 6.09. The summed E-state index contributed by atoms with van der Waals surface area (Å²) >= 11 is 6.13. The fraction of sp³-hybridized carbons (Fsp3) is 0.348. The number of aromatic amines is 1. The van der Waals surface area contributed by atoms with Crippen LogP contribution in [0.2, 0.25) is 5.02 Å². The molecule has 0 spiro atoms. The van der Waals surface area contributed by atoms with Crippen LogP contribution in [0, 0.1) is 0 Å². The number of sulfonamides is 1. The van der Waals surface area contributed by atoms with Crippen molar-refractivity contribution in [2.75, 3.05) is 31.1 Å². The van der Waals surface area contributed by atoms with Crippen LogP contribution in [-0.4, -0.2) is 60.2 Å². The van der Waals surface area contributed by atoms with Crippen molar-refractivity contribution >= 4 is 27.3 Å². The van der Waals surface area contributed by atoms with Gasteiger partial charge in [0.25, 0.3) is 5.56 Å². The van der Waals surface area contributed by atoms with Crippen molar-refractivity contribution in [1.82, 2.24) is 19.5 Å². The Balaban J connectivity index is 1.28. The molecule has 5 rings (SSSR count). The molecule has 0 aliphatic carbocycles. The summed E-state index contributed by atoms with van der Waals surface area (Å²) in [6.07, 6.45) is 5.65. The summed E-state index contributed by atoms with van der Waals surface area (Å²) in [6, 6.07) is 10.6. The van der Waals surface area contributed by atoms with Gasteiger partial charge in [0.15, 0.2) is 0 Å². The largest absolute Gasteiger partial charge is 0.472 e. The quantitative estimate of drug-likeness (QED) is 0.553. The number of anilines is 1. The number of ether oxygens (including phenoxy) is 1. The first-order valence-electron chi connectivity index (χ1n) is 11.1. The van der Waals surface area contributed by atoms with Crippen LogP contribution in [-0.2, 0) is 10.0 Å². The molecule has 2 saturated heterocycles. The molecule has 0 saturated carbocycles. The van der Waals surface area contributed by atoms with E-state index < -0.39 is 15.6 Å². The topological polar surface area (TPSA) is 108 Å². The van der Waals surface area contributed by atoms with Gasteiger partial charge in [0, 0.05) is 38.3 Å². The van der Waals surface area contributed by atoms with Crippen molar-refractivity contribution in [3.05, 3.63) is 64.2 Å². The molecule has 1 aromatic carbocycles. The molecule has 0 radical (unpaired) electrons. The summed E-state index contributed by atoms with van der Waals surface area (Å²) in [5, 5.41) is 6.27. The van der Waals surface area contributed by atoms with E-state index in [0.717, 1.165) is 30.4 Å². The van der Waals surface area contributed by atoms with E-state index in [1.165, 1.54) is 0 Å². The Labute approximate surface area is 202 Å². The smallest absolute Gasteiger partial charge is 0.285 e. The van der Waals surface area contributed by atoms with Crippen LogP contribution in [0.5, 0.6) is 5.88 Å². The number of aromatic nitrogens is 3. The normalized spacial score (nSPS) is 19.0. The standard InChI is InChI=1S/C23H24ClN5O4S/c24-22-20(14-26-27-23(22)30)28-12-8-18(15-28)33-21-13-17(7-9-25-21)16-3-5-19(6-4-16)34(31,32)29-10-1-2-11-29/h3-7,9,13-14,18H,1-2,8,10-12,15H2,(H,27,30)/t18-/m1/s1. The maximum absolute atomic E-state index is 12.8. The summed E-state index contributed by atoms with van der Waals surface area (Å²) in [4.78, 5) is 18.3. The Bertz CT molecular complexity index is 1340. The summed E-state index contributed by atoms with van der Waals surface area (Å²) in [5.74, 6) is 0.480. The molecule has 4 heterocycles. The van der Waals surface area contributed by atoms with E-state index >= 15 is 0 Å². The van der Waals surface area contributed by atoms with Crippen LogP contribution in [0.15, 0.2) is 58.5 Å². The first-order chi connectivity index (χ1) is 16.4. The van der Waals surface area contributed by atoms with Crippen molar-refractivity contribution in [1.29, 1.82) is 0 Å². The lowest BCUT2D eigenvalue weighted by molar-refractivity contribution is 0.216. The van der Waals surface area contributed by atoms with E-state index in [0.29, 0.717) is 42.6 Å². The van der Waals surface area contributed by atoms with Gasteiger partial charge in [0.1, 0.15) is 11.1 Å². The third kappa shape index (κ3) is 4.53. The van der Waals surface area contributed by atoms with E-state index in [1.54, 1.807) is 41.0 Å². The molecule has 0 amide bonds. The van der Waals surface area contributed by atoms with Gasteiger partial charge in [-0.1, -0.05) is 23.7 Å². The molecule has 2 aliphatic heterocycles. The summed E-state index contributed by atoms with van der Waals surface area (Å²) in [6.45, 7) is 2.40. The van der Waals surface area contributed by atoms with Gasteiger partial charge in [-0.05, 0) is 42.2 Å². The molecule has 1 N–H and O–H groups in total. The second kappa shape index (κ2) is 9.36. The van der Waals surface area contributed by atoms with Crippen molar-refractivity contribution in [3.8, 4) is 17.0 Å². The first-order valence-corrected chi connectivity index (χ1v) is 12.9. The van der Waals surface area contributed by atoms with E-state index in [2.05, 4.69) is 15.2 Å². The monoisotopic (exact) mass is 501 g/mol. The highest BCUT2D eigenvalue weighted by atomic mass is 35.5. The van der Waals surface area contributed by atoms with E-state index in [9.17, 15) is 13.2 Å². The third-order valence-electron chi connectivity index (χ3n) is 6.18. The summed E-state index contributed by atoms with van der Waals surface area (Å²) in [5.41, 5.74) is 1.92. The molecule has 2 aliphatic rings. The van der Waals surface area contributed by atoms with Gasteiger partial charge in [-0.25, -0.2) is 18.5 Å². The average Bonchev–Trinajstić information content (AvgIpc) is 3.54. The molecule has 3 aromatic rings. The third-order valence-corrected chi connectivity index (χ3v) is 8.45. The van der Waals surface area contributed by atoms with Crippen LogP contribution in [0.4, 0.5) is 5.69 Å². The first kappa shape index (κ1) is 22.8. The number of halogens is 1. The van der Waals surface area contributed by atoms with Gasteiger partial charge < -0.3 is 9.64 Å². The molecule has 1 atom stereocenters. The van der Waals surface area contributed by atoms with E-state index in [1.807, 2.05) is 17.0 Å². The van der Waals surface area contributed by atoms with E-state index in [4.69, 9.17) is 16.3 Å². The molecule has 2 aromatic heterocycles. The number of benzene rings is 1. The zero-order chi connectivity index (χ0) is 23.7. The highest BCUT2D eigenvalue weighted by molar-refractivity contribution is 7.89. The average molecular weight is 502 g/mol. The maximum atomic E-state index is 12.8.